The van der Waals surface area contributed by atoms with E-state index in [1.54, 1.807) is 36.4 Å². The zero-order valence-corrected chi connectivity index (χ0v) is 12.7. The summed E-state index contributed by atoms with van der Waals surface area (Å²) in [5.74, 6) is -0.331. The fourth-order valence-electron chi connectivity index (χ4n) is 1.51. The molecule has 2 rings (SSSR count). The molecular weight excluding hydrogens is 351 g/mol. The predicted octanol–water partition coefficient (Wildman–Crippen LogP) is 4.59. The van der Waals surface area contributed by atoms with Crippen molar-refractivity contribution < 1.29 is 4.79 Å². The molecule has 3 N–H and O–H groups in total. The molecule has 0 aromatic heterocycles. The van der Waals surface area contributed by atoms with E-state index in [-0.39, 0.29) is 5.91 Å². The van der Waals surface area contributed by atoms with Crippen LogP contribution in [0.4, 0.5) is 11.4 Å². The SMILES string of the molecule is Nc1ccc(Br)cc1C(=O)Nc1ccc(Cl)cc1Cl. The van der Waals surface area contributed by atoms with Crippen molar-refractivity contribution in [3.63, 3.8) is 0 Å². The van der Waals surface area contributed by atoms with Gasteiger partial charge in [-0.25, -0.2) is 0 Å². The number of hydrogen-bond donors (Lipinski definition) is 2. The molecule has 3 nitrogen and oxygen atoms in total. The molecule has 2 aromatic rings. The van der Waals surface area contributed by atoms with Gasteiger partial charge in [0.1, 0.15) is 0 Å². The van der Waals surface area contributed by atoms with E-state index in [1.165, 1.54) is 0 Å². The van der Waals surface area contributed by atoms with Crippen LogP contribution in [0.1, 0.15) is 10.4 Å². The first-order valence-corrected chi connectivity index (χ1v) is 6.83. The Hall–Kier alpha value is -1.23. The summed E-state index contributed by atoms with van der Waals surface area (Å²) in [5.41, 5.74) is 7.02. The van der Waals surface area contributed by atoms with Gasteiger partial charge >= 0.3 is 0 Å². The van der Waals surface area contributed by atoms with Crippen LogP contribution >= 0.6 is 39.1 Å². The zero-order valence-electron chi connectivity index (χ0n) is 9.58. The predicted molar refractivity (Wildman–Crippen MR) is 83.0 cm³/mol. The lowest BCUT2D eigenvalue weighted by molar-refractivity contribution is 0.102. The monoisotopic (exact) mass is 358 g/mol. The Morgan fingerprint density at radius 3 is 2.58 bits per heavy atom. The van der Waals surface area contributed by atoms with E-state index in [0.717, 1.165) is 4.47 Å². The van der Waals surface area contributed by atoms with Gasteiger partial charge in [0.25, 0.3) is 5.91 Å². The van der Waals surface area contributed by atoms with Gasteiger partial charge in [-0.05, 0) is 36.4 Å². The molecule has 0 aliphatic rings. The van der Waals surface area contributed by atoms with Gasteiger partial charge in [-0.2, -0.15) is 0 Å². The number of halogens is 3. The second kappa shape index (κ2) is 5.82. The van der Waals surface area contributed by atoms with E-state index in [2.05, 4.69) is 21.2 Å². The standard InChI is InChI=1S/C13H9BrCl2N2O/c14-7-1-3-11(17)9(5-7)13(19)18-12-4-2-8(15)6-10(12)16/h1-6H,17H2,(H,18,19). The first-order chi connectivity index (χ1) is 8.97. The largest absolute Gasteiger partial charge is 0.398 e. The van der Waals surface area contributed by atoms with Crippen molar-refractivity contribution in [2.75, 3.05) is 11.1 Å². The van der Waals surface area contributed by atoms with Crippen molar-refractivity contribution in [2.45, 2.75) is 0 Å². The van der Waals surface area contributed by atoms with Crippen molar-refractivity contribution >= 4 is 56.4 Å². The Balaban J connectivity index is 2.28. The van der Waals surface area contributed by atoms with Crippen LogP contribution < -0.4 is 11.1 Å². The minimum absolute atomic E-state index is 0.331. The molecule has 0 aliphatic carbocycles. The summed E-state index contributed by atoms with van der Waals surface area (Å²) in [6.07, 6.45) is 0. The summed E-state index contributed by atoms with van der Waals surface area (Å²) in [5, 5.41) is 3.57. The van der Waals surface area contributed by atoms with E-state index in [1.807, 2.05) is 0 Å². The van der Waals surface area contributed by atoms with Crippen molar-refractivity contribution in [3.05, 3.63) is 56.5 Å². The molecule has 0 radical (unpaired) electrons. The van der Waals surface area contributed by atoms with Crippen LogP contribution in [0.5, 0.6) is 0 Å². The summed E-state index contributed by atoms with van der Waals surface area (Å²) in [6, 6.07) is 9.91. The third kappa shape index (κ3) is 3.41. The van der Waals surface area contributed by atoms with Gasteiger partial charge in [0, 0.05) is 15.2 Å². The molecule has 6 heteroatoms. The number of hydrogen-bond acceptors (Lipinski definition) is 2. The van der Waals surface area contributed by atoms with Gasteiger partial charge in [0.2, 0.25) is 0 Å². The quantitative estimate of drug-likeness (QED) is 0.770. The van der Waals surface area contributed by atoms with Crippen LogP contribution in [0.25, 0.3) is 0 Å². The molecule has 0 atom stereocenters. The maximum Gasteiger partial charge on any atom is 0.257 e. The molecule has 2 aromatic carbocycles. The molecule has 19 heavy (non-hydrogen) atoms. The highest BCUT2D eigenvalue weighted by molar-refractivity contribution is 9.10. The number of carbonyl (C=O) groups excluding carboxylic acids is 1. The summed E-state index contributed by atoms with van der Waals surface area (Å²) in [4.78, 5) is 12.1. The number of nitrogen functional groups attached to an aromatic ring is 1. The van der Waals surface area contributed by atoms with Gasteiger partial charge in [-0.1, -0.05) is 39.1 Å². The summed E-state index contributed by atoms with van der Waals surface area (Å²) < 4.78 is 0.772. The van der Waals surface area contributed by atoms with Crippen molar-refractivity contribution in [1.82, 2.24) is 0 Å². The number of amides is 1. The van der Waals surface area contributed by atoms with Crippen LogP contribution in [-0.4, -0.2) is 5.91 Å². The van der Waals surface area contributed by atoms with E-state index in [4.69, 9.17) is 28.9 Å². The molecule has 0 heterocycles. The second-order valence-corrected chi connectivity index (χ2v) is 5.57. The van der Waals surface area contributed by atoms with Gasteiger partial charge in [-0.3, -0.25) is 4.79 Å². The molecule has 0 aliphatic heterocycles. The van der Waals surface area contributed by atoms with Gasteiger partial charge in [0.05, 0.1) is 16.3 Å². The van der Waals surface area contributed by atoms with E-state index < -0.39 is 0 Å². The van der Waals surface area contributed by atoms with Crippen LogP contribution in [0, 0.1) is 0 Å². The zero-order chi connectivity index (χ0) is 14.0. The first kappa shape index (κ1) is 14.2. The molecule has 0 unspecified atom stereocenters. The maximum atomic E-state index is 12.1. The number of nitrogens with one attached hydrogen (secondary N) is 1. The molecule has 0 saturated heterocycles. The lowest BCUT2D eigenvalue weighted by Crippen LogP contribution is -2.14. The summed E-state index contributed by atoms with van der Waals surface area (Å²) in [7, 11) is 0. The fourth-order valence-corrected chi connectivity index (χ4v) is 2.32. The summed E-state index contributed by atoms with van der Waals surface area (Å²) in [6.45, 7) is 0. The molecular formula is C13H9BrCl2N2O. The highest BCUT2D eigenvalue weighted by Crippen LogP contribution is 2.27. The fraction of sp³-hybridized carbons (Fsp3) is 0. The molecule has 0 bridgehead atoms. The van der Waals surface area contributed by atoms with Gasteiger partial charge < -0.3 is 11.1 Å². The van der Waals surface area contributed by atoms with Crippen LogP contribution in [0.15, 0.2) is 40.9 Å². The van der Waals surface area contributed by atoms with Crippen LogP contribution in [0.2, 0.25) is 10.0 Å². The van der Waals surface area contributed by atoms with Crippen LogP contribution in [-0.2, 0) is 0 Å². The third-order valence-electron chi connectivity index (χ3n) is 2.44. The van der Waals surface area contributed by atoms with Crippen molar-refractivity contribution in [2.24, 2.45) is 0 Å². The Bertz CT molecular complexity index is 647. The van der Waals surface area contributed by atoms with E-state index in [0.29, 0.717) is 27.0 Å². The minimum Gasteiger partial charge on any atom is -0.398 e. The maximum absolute atomic E-state index is 12.1. The number of carbonyl (C=O) groups is 1. The Kier molecular flexibility index (Phi) is 4.34. The molecule has 0 saturated carbocycles. The minimum atomic E-state index is -0.331. The molecule has 98 valence electrons. The average Bonchev–Trinajstić information content (AvgIpc) is 2.35. The molecule has 0 fully saturated rings. The van der Waals surface area contributed by atoms with Crippen molar-refractivity contribution in [1.29, 1.82) is 0 Å². The Morgan fingerprint density at radius 1 is 1.16 bits per heavy atom. The highest BCUT2D eigenvalue weighted by Gasteiger charge is 2.12. The first-order valence-electron chi connectivity index (χ1n) is 5.29. The number of rotatable bonds is 2. The second-order valence-electron chi connectivity index (χ2n) is 3.81. The Morgan fingerprint density at radius 2 is 1.89 bits per heavy atom. The summed E-state index contributed by atoms with van der Waals surface area (Å²) >= 11 is 15.1. The van der Waals surface area contributed by atoms with Gasteiger partial charge in [0.15, 0.2) is 0 Å². The smallest absolute Gasteiger partial charge is 0.257 e. The van der Waals surface area contributed by atoms with E-state index >= 15 is 0 Å². The molecule has 0 spiro atoms. The lowest BCUT2D eigenvalue weighted by atomic mass is 10.1. The normalized spacial score (nSPS) is 10.3. The van der Waals surface area contributed by atoms with Crippen LogP contribution in [0.3, 0.4) is 0 Å². The highest BCUT2D eigenvalue weighted by atomic mass is 79.9. The van der Waals surface area contributed by atoms with Gasteiger partial charge in [-0.15, -0.1) is 0 Å². The topological polar surface area (TPSA) is 55.1 Å². The third-order valence-corrected chi connectivity index (χ3v) is 3.48. The number of benzene rings is 2. The van der Waals surface area contributed by atoms with Crippen molar-refractivity contribution in [3.8, 4) is 0 Å². The average molecular weight is 360 g/mol. The molecule has 1 amide bonds. The lowest BCUT2D eigenvalue weighted by Gasteiger charge is -2.09. The number of anilines is 2. The van der Waals surface area contributed by atoms with E-state index in [9.17, 15) is 4.79 Å². The Labute approximate surface area is 128 Å². The number of nitrogens with two attached hydrogens (primary N) is 1.